The Kier molecular flexibility index (Phi) is 5.37. The summed E-state index contributed by atoms with van der Waals surface area (Å²) in [7, 11) is 0. The van der Waals surface area contributed by atoms with Crippen LogP contribution < -0.4 is 0 Å². The van der Waals surface area contributed by atoms with Crippen molar-refractivity contribution in [2.75, 3.05) is 6.54 Å². The van der Waals surface area contributed by atoms with Gasteiger partial charge in [-0.15, -0.1) is 0 Å². The number of carbonyl (C=O) groups is 1. The van der Waals surface area contributed by atoms with Gasteiger partial charge in [-0.1, -0.05) is 35.3 Å². The third kappa shape index (κ3) is 4.01. The fourth-order valence-electron chi connectivity index (χ4n) is 2.83. The van der Waals surface area contributed by atoms with Crippen LogP contribution in [-0.4, -0.2) is 28.3 Å². The summed E-state index contributed by atoms with van der Waals surface area (Å²) in [5, 5.41) is 1.01. The van der Waals surface area contributed by atoms with Crippen molar-refractivity contribution in [3.63, 3.8) is 0 Å². The minimum Gasteiger partial charge on any atom is -0.364 e. The molecule has 0 saturated carbocycles. The number of Topliss-reactive ketones (excluding diaryl/α,β-unsaturated/α-hetero) is 1. The van der Waals surface area contributed by atoms with Gasteiger partial charge >= 0.3 is 6.04 Å². The lowest BCUT2D eigenvalue weighted by atomic mass is 10.0. The summed E-state index contributed by atoms with van der Waals surface area (Å²) in [4.78, 5) is 22.5. The molecule has 1 aliphatic rings. The van der Waals surface area contributed by atoms with Gasteiger partial charge in [-0.05, 0) is 42.3 Å². The fraction of sp³-hybridized carbons (Fsp3) is 0.211. The molecule has 0 saturated heterocycles. The van der Waals surface area contributed by atoms with E-state index in [0.29, 0.717) is 22.3 Å². The summed E-state index contributed by atoms with van der Waals surface area (Å²) in [5.41, 5.74) is 2.23. The van der Waals surface area contributed by atoms with Crippen molar-refractivity contribution in [3.8, 4) is 0 Å². The summed E-state index contributed by atoms with van der Waals surface area (Å²) in [6, 6.07) is 9.44. The second-order valence-corrected chi connectivity index (χ2v) is 6.55. The number of hydrogen-bond acceptors (Lipinski definition) is 3. The van der Waals surface area contributed by atoms with Crippen LogP contribution in [0.4, 0.5) is 0 Å². The first-order valence-electron chi connectivity index (χ1n) is 7.80. The lowest BCUT2D eigenvalue weighted by Crippen LogP contribution is -2.30. The molecule has 25 heavy (non-hydrogen) atoms. The number of rotatable bonds is 5. The van der Waals surface area contributed by atoms with E-state index in [9.17, 15) is 4.79 Å². The Morgan fingerprint density at radius 3 is 2.64 bits per heavy atom. The van der Waals surface area contributed by atoms with Crippen molar-refractivity contribution in [3.05, 3.63) is 87.1 Å². The van der Waals surface area contributed by atoms with E-state index in [1.807, 2.05) is 12.1 Å². The Morgan fingerprint density at radius 1 is 1.24 bits per heavy atom. The van der Waals surface area contributed by atoms with E-state index < -0.39 is 6.04 Å². The first-order chi connectivity index (χ1) is 12.1. The van der Waals surface area contributed by atoms with Crippen molar-refractivity contribution >= 4 is 29.0 Å². The SMILES string of the molecule is [C-]#[N+]C(C(=O)c1ccc(Cl)cc1)C1=CCCN1Cc1ccc(Cl)nc1. The first-order valence-corrected chi connectivity index (χ1v) is 8.56. The topological polar surface area (TPSA) is 37.6 Å². The van der Waals surface area contributed by atoms with Crippen molar-refractivity contribution in [1.29, 1.82) is 0 Å². The molecule has 1 aliphatic heterocycles. The van der Waals surface area contributed by atoms with Crippen LogP contribution in [0.15, 0.2) is 54.4 Å². The zero-order valence-corrected chi connectivity index (χ0v) is 14.8. The van der Waals surface area contributed by atoms with Crippen LogP contribution in [0.1, 0.15) is 22.3 Å². The van der Waals surface area contributed by atoms with Crippen molar-refractivity contribution in [2.24, 2.45) is 0 Å². The summed E-state index contributed by atoms with van der Waals surface area (Å²) < 4.78 is 0. The highest BCUT2D eigenvalue weighted by atomic mass is 35.5. The molecule has 1 atom stereocenters. The molecule has 0 fully saturated rings. The van der Waals surface area contributed by atoms with Gasteiger partial charge in [0.25, 0.3) is 5.78 Å². The standard InChI is InChI=1S/C19H15Cl2N3O/c1-22-18(19(25)14-5-7-15(20)8-6-14)16-3-2-10-24(16)12-13-4-9-17(21)23-11-13/h3-9,11,18H,2,10,12H2. The second-order valence-electron chi connectivity index (χ2n) is 5.73. The molecule has 126 valence electrons. The summed E-state index contributed by atoms with van der Waals surface area (Å²) in [5.74, 6) is -0.209. The van der Waals surface area contributed by atoms with Gasteiger partial charge in [0.15, 0.2) is 0 Å². The largest absolute Gasteiger partial charge is 0.364 e. The van der Waals surface area contributed by atoms with Gasteiger partial charge in [-0.2, -0.15) is 0 Å². The van der Waals surface area contributed by atoms with E-state index in [2.05, 4.69) is 14.7 Å². The van der Waals surface area contributed by atoms with Crippen LogP contribution in [0.5, 0.6) is 0 Å². The maximum absolute atomic E-state index is 12.8. The Labute approximate surface area is 156 Å². The molecular formula is C19H15Cl2N3O. The quantitative estimate of drug-likeness (QED) is 0.436. The molecule has 0 N–H and O–H groups in total. The minimum atomic E-state index is -0.844. The van der Waals surface area contributed by atoms with Crippen LogP contribution >= 0.6 is 23.2 Å². The van der Waals surface area contributed by atoms with Gasteiger partial charge in [0.05, 0.1) is 0 Å². The van der Waals surface area contributed by atoms with E-state index in [0.717, 1.165) is 24.2 Å². The third-order valence-corrected chi connectivity index (χ3v) is 4.54. The molecule has 0 aliphatic carbocycles. The van der Waals surface area contributed by atoms with Gasteiger partial charge in [-0.3, -0.25) is 9.64 Å². The molecule has 2 aromatic rings. The lowest BCUT2D eigenvalue weighted by molar-refractivity contribution is 0.0976. The van der Waals surface area contributed by atoms with Crippen LogP contribution in [0, 0.1) is 6.57 Å². The highest BCUT2D eigenvalue weighted by Crippen LogP contribution is 2.26. The number of halogens is 2. The summed E-state index contributed by atoms with van der Waals surface area (Å²) in [6.07, 6.45) is 4.50. The highest BCUT2D eigenvalue weighted by molar-refractivity contribution is 6.30. The molecule has 0 amide bonds. The van der Waals surface area contributed by atoms with Gasteiger partial charge in [0.1, 0.15) is 10.9 Å². The lowest BCUT2D eigenvalue weighted by Gasteiger charge is -2.22. The van der Waals surface area contributed by atoms with E-state index in [-0.39, 0.29) is 5.78 Å². The Bertz CT molecular complexity index is 838. The summed E-state index contributed by atoms with van der Waals surface area (Å²) in [6.45, 7) is 8.89. The van der Waals surface area contributed by atoms with Crippen LogP contribution in [0.2, 0.25) is 10.2 Å². The van der Waals surface area contributed by atoms with Crippen LogP contribution in [0.25, 0.3) is 4.85 Å². The third-order valence-electron chi connectivity index (χ3n) is 4.07. The molecule has 1 unspecified atom stereocenters. The average molecular weight is 372 g/mol. The van der Waals surface area contributed by atoms with E-state index in [1.165, 1.54) is 0 Å². The predicted molar refractivity (Wildman–Crippen MR) is 98.5 cm³/mol. The van der Waals surface area contributed by atoms with E-state index >= 15 is 0 Å². The van der Waals surface area contributed by atoms with E-state index in [4.69, 9.17) is 29.8 Å². The molecule has 1 aromatic carbocycles. The number of hydrogen-bond donors (Lipinski definition) is 0. The minimum absolute atomic E-state index is 0.209. The molecule has 0 bridgehead atoms. The van der Waals surface area contributed by atoms with Gasteiger partial charge in [0.2, 0.25) is 0 Å². The molecule has 2 heterocycles. The van der Waals surface area contributed by atoms with Crippen molar-refractivity contribution < 1.29 is 4.79 Å². The predicted octanol–water partition coefficient (Wildman–Crippen LogP) is 4.65. The fourth-order valence-corrected chi connectivity index (χ4v) is 3.07. The molecule has 3 rings (SSSR count). The molecule has 1 aromatic heterocycles. The number of nitrogens with zero attached hydrogens (tertiary/aromatic N) is 3. The van der Waals surface area contributed by atoms with Crippen LogP contribution in [0.3, 0.4) is 0 Å². The molecule has 0 spiro atoms. The zero-order chi connectivity index (χ0) is 17.8. The maximum atomic E-state index is 12.8. The monoisotopic (exact) mass is 371 g/mol. The van der Waals surface area contributed by atoms with Crippen LogP contribution in [-0.2, 0) is 6.54 Å². The maximum Gasteiger partial charge on any atom is 0.324 e. The number of carbonyl (C=O) groups excluding carboxylic acids is 1. The highest BCUT2D eigenvalue weighted by Gasteiger charge is 2.34. The van der Waals surface area contributed by atoms with Gasteiger partial charge < -0.3 is 4.90 Å². The van der Waals surface area contributed by atoms with Gasteiger partial charge in [-0.25, -0.2) is 11.6 Å². The van der Waals surface area contributed by atoms with Crippen molar-refractivity contribution in [2.45, 2.75) is 19.0 Å². The van der Waals surface area contributed by atoms with Gasteiger partial charge in [0, 0.05) is 29.9 Å². The Balaban J connectivity index is 1.79. The average Bonchev–Trinajstić information content (AvgIpc) is 3.06. The molecule has 4 nitrogen and oxygen atoms in total. The van der Waals surface area contributed by atoms with Crippen molar-refractivity contribution in [1.82, 2.24) is 9.88 Å². The number of aromatic nitrogens is 1. The Morgan fingerprint density at radius 2 is 2.00 bits per heavy atom. The molecule has 6 heteroatoms. The molecular weight excluding hydrogens is 357 g/mol. The van der Waals surface area contributed by atoms with E-state index in [1.54, 1.807) is 36.5 Å². The number of pyridine rings is 1. The zero-order valence-electron chi connectivity index (χ0n) is 13.3. The molecule has 0 radical (unpaired) electrons. The smallest absolute Gasteiger partial charge is 0.324 e. The summed E-state index contributed by atoms with van der Waals surface area (Å²) >= 11 is 11.7. The Hall–Kier alpha value is -2.35. The number of ketones is 1. The number of benzene rings is 1. The first kappa shape index (κ1) is 17.5. The second kappa shape index (κ2) is 7.69. The normalized spacial score (nSPS) is 14.8.